The summed E-state index contributed by atoms with van der Waals surface area (Å²) in [5.41, 5.74) is 3.87. The molecule has 0 spiro atoms. The van der Waals surface area contributed by atoms with Crippen molar-refractivity contribution in [1.29, 1.82) is 0 Å². The molecule has 0 bridgehead atoms. The van der Waals surface area contributed by atoms with Gasteiger partial charge in [0, 0.05) is 36.0 Å². The zero-order valence-corrected chi connectivity index (χ0v) is 16.1. The van der Waals surface area contributed by atoms with Gasteiger partial charge in [-0.15, -0.1) is 0 Å². The summed E-state index contributed by atoms with van der Waals surface area (Å²) in [6.45, 7) is 3.27. The number of hydrogen-bond donors (Lipinski definition) is 1. The summed E-state index contributed by atoms with van der Waals surface area (Å²) in [7, 11) is 1.65. The second-order valence-electron chi connectivity index (χ2n) is 7.22. The Balaban J connectivity index is 1.56. The number of ether oxygens (including phenoxy) is 1. The molecule has 0 saturated heterocycles. The average molecular weight is 376 g/mol. The highest BCUT2D eigenvalue weighted by Crippen LogP contribution is 2.37. The molecule has 0 unspecified atom stereocenters. The number of rotatable bonds is 7. The molecule has 1 aliphatic carbocycles. The molecule has 0 radical (unpaired) electrons. The van der Waals surface area contributed by atoms with Crippen LogP contribution in [0, 0.1) is 11.8 Å². The fraction of sp³-hybridized carbons (Fsp3) is 0.318. The summed E-state index contributed by atoms with van der Waals surface area (Å²) < 4.78 is 7.17. The first-order valence-electron chi connectivity index (χ1n) is 9.56. The Morgan fingerprint density at radius 3 is 2.68 bits per heavy atom. The van der Waals surface area contributed by atoms with Gasteiger partial charge in [-0.1, -0.05) is 6.92 Å². The lowest BCUT2D eigenvalue weighted by molar-refractivity contribution is -0.122. The summed E-state index contributed by atoms with van der Waals surface area (Å²) in [5, 5.41) is 7.82. The van der Waals surface area contributed by atoms with E-state index < -0.39 is 0 Å². The van der Waals surface area contributed by atoms with Crippen molar-refractivity contribution in [2.24, 2.45) is 11.8 Å². The van der Waals surface area contributed by atoms with Crippen LogP contribution in [0.5, 0.6) is 5.75 Å². The Morgan fingerprint density at radius 1 is 1.25 bits per heavy atom. The number of aromatic nitrogens is 3. The maximum Gasteiger partial charge on any atom is 0.223 e. The standard InChI is InChI=1S/C22H24N4O2/c1-15-12-19(15)22(27)24-10-11-26-21(17-4-3-9-23-14-17)13-20(25-26)16-5-7-18(28-2)8-6-16/h3-9,13-15,19H,10-12H2,1-2H3,(H,24,27)/t15-,19+/m0/s1. The topological polar surface area (TPSA) is 69.0 Å². The second kappa shape index (κ2) is 7.84. The number of carbonyl (C=O) groups excluding carboxylic acids is 1. The Kier molecular flexibility index (Phi) is 5.10. The van der Waals surface area contributed by atoms with Gasteiger partial charge < -0.3 is 10.1 Å². The highest BCUT2D eigenvalue weighted by molar-refractivity contribution is 5.81. The molecule has 0 aliphatic heterocycles. The van der Waals surface area contributed by atoms with E-state index >= 15 is 0 Å². The van der Waals surface area contributed by atoms with Gasteiger partial charge in [0.05, 0.1) is 25.0 Å². The summed E-state index contributed by atoms with van der Waals surface area (Å²) >= 11 is 0. The van der Waals surface area contributed by atoms with Gasteiger partial charge >= 0.3 is 0 Å². The van der Waals surface area contributed by atoms with Crippen molar-refractivity contribution in [2.45, 2.75) is 19.9 Å². The van der Waals surface area contributed by atoms with Crippen LogP contribution in [-0.2, 0) is 11.3 Å². The van der Waals surface area contributed by atoms with Gasteiger partial charge in [-0.2, -0.15) is 5.10 Å². The number of methoxy groups -OCH3 is 1. The maximum atomic E-state index is 12.1. The molecule has 6 heteroatoms. The molecular weight excluding hydrogens is 352 g/mol. The third-order valence-electron chi connectivity index (χ3n) is 5.19. The van der Waals surface area contributed by atoms with E-state index in [2.05, 4.69) is 23.3 Å². The average Bonchev–Trinajstić information content (AvgIpc) is 3.32. The van der Waals surface area contributed by atoms with Gasteiger partial charge in [0.1, 0.15) is 5.75 Å². The molecule has 1 saturated carbocycles. The fourth-order valence-corrected chi connectivity index (χ4v) is 3.34. The van der Waals surface area contributed by atoms with Crippen molar-refractivity contribution >= 4 is 5.91 Å². The first kappa shape index (κ1) is 18.2. The number of benzene rings is 1. The number of nitrogens with zero attached hydrogens (tertiary/aromatic N) is 3. The van der Waals surface area contributed by atoms with Crippen LogP contribution in [0.1, 0.15) is 13.3 Å². The van der Waals surface area contributed by atoms with E-state index in [9.17, 15) is 4.79 Å². The molecule has 1 aliphatic rings. The van der Waals surface area contributed by atoms with E-state index in [4.69, 9.17) is 9.84 Å². The van der Waals surface area contributed by atoms with Crippen molar-refractivity contribution in [3.63, 3.8) is 0 Å². The van der Waals surface area contributed by atoms with E-state index in [1.807, 2.05) is 47.3 Å². The van der Waals surface area contributed by atoms with Crippen molar-refractivity contribution < 1.29 is 9.53 Å². The Hall–Kier alpha value is -3.15. The smallest absolute Gasteiger partial charge is 0.223 e. The van der Waals surface area contributed by atoms with E-state index in [1.54, 1.807) is 13.3 Å². The molecule has 2 heterocycles. The van der Waals surface area contributed by atoms with Crippen LogP contribution in [0.25, 0.3) is 22.5 Å². The van der Waals surface area contributed by atoms with Crippen molar-refractivity contribution in [3.8, 4) is 28.3 Å². The molecular formula is C22H24N4O2. The Morgan fingerprint density at radius 2 is 2.04 bits per heavy atom. The minimum absolute atomic E-state index is 0.151. The predicted octanol–water partition coefficient (Wildman–Crippen LogP) is 3.39. The molecule has 144 valence electrons. The lowest BCUT2D eigenvalue weighted by Gasteiger charge is -2.08. The quantitative estimate of drug-likeness (QED) is 0.686. The molecule has 6 nitrogen and oxygen atoms in total. The maximum absolute atomic E-state index is 12.1. The fourth-order valence-electron chi connectivity index (χ4n) is 3.34. The Bertz CT molecular complexity index is 950. The van der Waals surface area contributed by atoms with Gasteiger partial charge in [-0.05, 0) is 54.8 Å². The van der Waals surface area contributed by atoms with E-state index in [1.165, 1.54) is 0 Å². The molecule has 1 fully saturated rings. The zero-order valence-electron chi connectivity index (χ0n) is 16.1. The van der Waals surface area contributed by atoms with Crippen LogP contribution < -0.4 is 10.1 Å². The van der Waals surface area contributed by atoms with Crippen LogP contribution in [0.2, 0.25) is 0 Å². The SMILES string of the molecule is COc1ccc(-c2cc(-c3cccnc3)n(CCNC(=O)[C@@H]3C[C@@H]3C)n2)cc1. The molecule has 2 atom stereocenters. The zero-order chi connectivity index (χ0) is 19.5. The van der Waals surface area contributed by atoms with Crippen molar-refractivity contribution in [1.82, 2.24) is 20.1 Å². The molecule has 2 aromatic heterocycles. The Labute approximate surface area is 164 Å². The first-order valence-corrected chi connectivity index (χ1v) is 9.56. The van der Waals surface area contributed by atoms with Crippen molar-refractivity contribution in [3.05, 3.63) is 54.9 Å². The van der Waals surface area contributed by atoms with Crippen LogP contribution in [0.3, 0.4) is 0 Å². The monoisotopic (exact) mass is 376 g/mol. The second-order valence-corrected chi connectivity index (χ2v) is 7.22. The van der Waals surface area contributed by atoms with Gasteiger partial charge in [0.25, 0.3) is 0 Å². The minimum Gasteiger partial charge on any atom is -0.497 e. The normalized spacial score (nSPS) is 17.9. The summed E-state index contributed by atoms with van der Waals surface area (Å²) in [6, 6.07) is 13.8. The largest absolute Gasteiger partial charge is 0.497 e. The van der Waals surface area contributed by atoms with Gasteiger partial charge in [0.2, 0.25) is 5.91 Å². The number of carbonyl (C=O) groups is 1. The summed E-state index contributed by atoms with van der Waals surface area (Å²) in [6.07, 6.45) is 4.58. The van der Waals surface area contributed by atoms with Crippen LogP contribution in [-0.4, -0.2) is 34.3 Å². The summed E-state index contributed by atoms with van der Waals surface area (Å²) in [4.78, 5) is 16.3. The van der Waals surface area contributed by atoms with Crippen LogP contribution in [0.4, 0.5) is 0 Å². The van der Waals surface area contributed by atoms with E-state index in [0.717, 1.165) is 34.7 Å². The van der Waals surface area contributed by atoms with Gasteiger partial charge in [0.15, 0.2) is 0 Å². The third-order valence-corrected chi connectivity index (χ3v) is 5.19. The lowest BCUT2D eigenvalue weighted by Crippen LogP contribution is -2.29. The first-order chi connectivity index (χ1) is 13.7. The highest BCUT2D eigenvalue weighted by atomic mass is 16.5. The van der Waals surface area contributed by atoms with Crippen molar-refractivity contribution in [2.75, 3.05) is 13.7 Å². The third kappa shape index (κ3) is 3.91. The van der Waals surface area contributed by atoms with E-state index in [-0.39, 0.29) is 11.8 Å². The molecule has 1 amide bonds. The van der Waals surface area contributed by atoms with Gasteiger partial charge in [-0.3, -0.25) is 14.5 Å². The number of amides is 1. The van der Waals surface area contributed by atoms with Crippen LogP contribution in [0.15, 0.2) is 54.9 Å². The number of nitrogens with one attached hydrogen (secondary N) is 1. The predicted molar refractivity (Wildman–Crippen MR) is 108 cm³/mol. The molecule has 4 rings (SSSR count). The summed E-state index contributed by atoms with van der Waals surface area (Å²) in [5.74, 6) is 1.66. The number of pyridine rings is 1. The molecule has 3 aromatic rings. The van der Waals surface area contributed by atoms with E-state index in [0.29, 0.717) is 19.0 Å². The molecule has 1 N–H and O–H groups in total. The number of hydrogen-bond acceptors (Lipinski definition) is 4. The molecule has 1 aromatic carbocycles. The minimum atomic E-state index is 0.151. The van der Waals surface area contributed by atoms with Gasteiger partial charge in [-0.25, -0.2) is 0 Å². The highest BCUT2D eigenvalue weighted by Gasteiger charge is 2.38. The van der Waals surface area contributed by atoms with Crippen LogP contribution >= 0.6 is 0 Å². The lowest BCUT2D eigenvalue weighted by atomic mass is 10.1. The molecule has 28 heavy (non-hydrogen) atoms.